The number of nitrogens with zero attached hydrogens (tertiary/aromatic N) is 2. The summed E-state index contributed by atoms with van der Waals surface area (Å²) in [5, 5.41) is 10.7. The molecule has 3 aromatic rings. The zero-order valence-electron chi connectivity index (χ0n) is 18.1. The van der Waals surface area contributed by atoms with E-state index in [0.717, 1.165) is 16.7 Å². The minimum absolute atomic E-state index is 0. The van der Waals surface area contributed by atoms with Crippen molar-refractivity contribution >= 4 is 24.1 Å². The lowest BCUT2D eigenvalue weighted by Gasteiger charge is -2.27. The van der Waals surface area contributed by atoms with Gasteiger partial charge in [0.05, 0.1) is 11.6 Å². The molecule has 1 amide bonds. The molecule has 2 aromatic heterocycles. The highest BCUT2D eigenvalue weighted by atomic mass is 35.5. The number of benzene rings is 1. The van der Waals surface area contributed by atoms with Crippen LogP contribution in [-0.2, 0) is 11.3 Å². The third-order valence-corrected chi connectivity index (χ3v) is 5.51. The second kappa shape index (κ2) is 9.40. The number of aryl methyl sites for hydroxylation is 1. The second-order valence-corrected chi connectivity index (χ2v) is 8.02. The summed E-state index contributed by atoms with van der Waals surface area (Å²) in [6.07, 6.45) is 3.32. The Balaban J connectivity index is 0.00000289. The Labute approximate surface area is 193 Å². The molecule has 32 heavy (non-hydrogen) atoms. The van der Waals surface area contributed by atoms with Crippen molar-refractivity contribution in [3.63, 3.8) is 0 Å². The van der Waals surface area contributed by atoms with Crippen LogP contribution in [0.1, 0.15) is 58.8 Å². The number of carbonyl (C=O) groups is 2. The number of ketones is 1. The van der Waals surface area contributed by atoms with Gasteiger partial charge in [0.2, 0.25) is 5.78 Å². The van der Waals surface area contributed by atoms with Crippen molar-refractivity contribution in [2.45, 2.75) is 39.3 Å². The third kappa shape index (κ3) is 4.32. The lowest BCUT2D eigenvalue weighted by molar-refractivity contribution is -0.130. The van der Waals surface area contributed by atoms with Gasteiger partial charge >= 0.3 is 0 Å². The largest absolute Gasteiger partial charge is 0.503 e. The zero-order chi connectivity index (χ0) is 22.1. The van der Waals surface area contributed by atoms with Crippen LogP contribution in [0.25, 0.3) is 0 Å². The third-order valence-electron chi connectivity index (χ3n) is 5.51. The van der Waals surface area contributed by atoms with E-state index in [4.69, 9.17) is 4.42 Å². The average Bonchev–Trinajstić information content (AvgIpc) is 3.31. The number of hydrogen-bond donors (Lipinski definition) is 1. The van der Waals surface area contributed by atoms with E-state index in [0.29, 0.717) is 11.7 Å². The first-order valence-corrected chi connectivity index (χ1v) is 10.2. The first-order chi connectivity index (χ1) is 14.9. The van der Waals surface area contributed by atoms with Crippen LogP contribution in [0.4, 0.5) is 0 Å². The molecule has 1 aliphatic heterocycles. The van der Waals surface area contributed by atoms with E-state index < -0.39 is 23.5 Å². The Morgan fingerprint density at radius 2 is 1.88 bits per heavy atom. The fourth-order valence-electron chi connectivity index (χ4n) is 3.84. The number of aliphatic hydroxyl groups is 1. The van der Waals surface area contributed by atoms with Crippen molar-refractivity contribution in [3.05, 3.63) is 100 Å². The smallest absolute Gasteiger partial charge is 0.290 e. The van der Waals surface area contributed by atoms with Gasteiger partial charge in [0.15, 0.2) is 11.5 Å². The lowest BCUT2D eigenvalue weighted by atomic mass is 9.93. The summed E-state index contributed by atoms with van der Waals surface area (Å²) in [7, 11) is 0. The van der Waals surface area contributed by atoms with Gasteiger partial charge < -0.3 is 14.4 Å². The lowest BCUT2D eigenvalue weighted by Crippen LogP contribution is -2.30. The first-order valence-electron chi connectivity index (χ1n) is 10.2. The summed E-state index contributed by atoms with van der Waals surface area (Å²) >= 11 is 0. The summed E-state index contributed by atoms with van der Waals surface area (Å²) in [6.45, 7) is 6.15. The van der Waals surface area contributed by atoms with E-state index in [1.54, 1.807) is 37.5 Å². The van der Waals surface area contributed by atoms with E-state index in [1.165, 1.54) is 4.90 Å². The van der Waals surface area contributed by atoms with Gasteiger partial charge in [0.1, 0.15) is 5.76 Å². The summed E-state index contributed by atoms with van der Waals surface area (Å²) < 4.78 is 5.49. The highest BCUT2D eigenvalue weighted by Gasteiger charge is 2.44. The summed E-state index contributed by atoms with van der Waals surface area (Å²) in [6, 6.07) is 13.9. The number of halogens is 1. The van der Waals surface area contributed by atoms with Crippen molar-refractivity contribution in [3.8, 4) is 0 Å². The molecule has 1 aliphatic rings. The van der Waals surface area contributed by atoms with E-state index in [2.05, 4.69) is 18.8 Å². The molecule has 0 fully saturated rings. The normalized spacial score (nSPS) is 15.9. The fourth-order valence-corrected chi connectivity index (χ4v) is 3.84. The van der Waals surface area contributed by atoms with Gasteiger partial charge in [-0.1, -0.05) is 44.2 Å². The van der Waals surface area contributed by atoms with Crippen molar-refractivity contribution in [1.82, 2.24) is 9.88 Å². The Kier molecular flexibility index (Phi) is 6.84. The highest BCUT2D eigenvalue weighted by molar-refractivity contribution is 6.15. The molecule has 166 valence electrons. The molecule has 0 bridgehead atoms. The number of Topliss-reactive ketones (excluding diaryl/α,β-unsaturated/α-hetero) is 1. The summed E-state index contributed by atoms with van der Waals surface area (Å²) in [4.78, 5) is 31.9. The standard InChI is InChI=1S/C25H24N2O4.ClH/c1-15(2)18-7-9-19(10-8-18)22-21(23(28)20-11-6-16(3)31-20)24(29)25(30)27(22)14-17-5-4-12-26-13-17;/h4-13,15,22,29H,14H2,1-3H3;1H. The average molecular weight is 453 g/mol. The molecule has 0 spiro atoms. The Hall–Kier alpha value is -3.38. The van der Waals surface area contributed by atoms with E-state index in [9.17, 15) is 14.7 Å². The SMILES string of the molecule is Cc1ccc(C(=O)C2=C(O)C(=O)N(Cc3cccnc3)C2c2ccc(C(C)C)cc2)o1.Cl. The van der Waals surface area contributed by atoms with Crippen LogP contribution in [0.15, 0.2) is 76.7 Å². The number of furan rings is 1. The van der Waals surface area contributed by atoms with Crippen molar-refractivity contribution in [2.75, 3.05) is 0 Å². The number of pyridine rings is 1. The number of amides is 1. The molecule has 1 aromatic carbocycles. The van der Waals surface area contributed by atoms with Crippen LogP contribution in [0.5, 0.6) is 0 Å². The predicted molar refractivity (Wildman–Crippen MR) is 123 cm³/mol. The van der Waals surface area contributed by atoms with Crippen molar-refractivity contribution in [2.24, 2.45) is 0 Å². The molecular weight excluding hydrogens is 428 g/mol. The maximum atomic E-state index is 13.3. The molecule has 7 heteroatoms. The van der Waals surface area contributed by atoms with Crippen LogP contribution in [0.2, 0.25) is 0 Å². The summed E-state index contributed by atoms with van der Waals surface area (Å²) in [5.74, 6) is -0.599. The topological polar surface area (TPSA) is 83.6 Å². The van der Waals surface area contributed by atoms with Gasteiger partial charge in [-0.25, -0.2) is 0 Å². The predicted octanol–water partition coefficient (Wildman–Crippen LogP) is 5.31. The molecule has 1 unspecified atom stereocenters. The molecule has 1 atom stereocenters. The molecule has 4 rings (SSSR count). The van der Waals surface area contributed by atoms with Gasteiger partial charge in [0.25, 0.3) is 5.91 Å². The first kappa shape index (κ1) is 23.3. The molecule has 0 aliphatic carbocycles. The van der Waals surface area contributed by atoms with Crippen LogP contribution >= 0.6 is 12.4 Å². The Morgan fingerprint density at radius 1 is 1.16 bits per heavy atom. The molecule has 0 saturated heterocycles. The minimum atomic E-state index is -0.730. The highest BCUT2D eigenvalue weighted by Crippen LogP contribution is 2.40. The fraction of sp³-hybridized carbons (Fsp3) is 0.240. The Morgan fingerprint density at radius 3 is 2.44 bits per heavy atom. The van der Waals surface area contributed by atoms with Gasteiger partial charge in [-0.2, -0.15) is 0 Å². The molecule has 6 nitrogen and oxygen atoms in total. The number of rotatable bonds is 6. The minimum Gasteiger partial charge on any atom is -0.503 e. The molecule has 3 heterocycles. The van der Waals surface area contributed by atoms with Crippen LogP contribution in [0.3, 0.4) is 0 Å². The number of carbonyl (C=O) groups excluding carboxylic acids is 2. The number of aliphatic hydroxyl groups excluding tert-OH is 1. The van der Waals surface area contributed by atoms with Crippen molar-refractivity contribution in [1.29, 1.82) is 0 Å². The quantitative estimate of drug-likeness (QED) is 0.512. The van der Waals surface area contributed by atoms with E-state index >= 15 is 0 Å². The van der Waals surface area contributed by atoms with E-state index in [1.807, 2.05) is 30.3 Å². The van der Waals surface area contributed by atoms with Gasteiger partial charge in [-0.05, 0) is 47.7 Å². The zero-order valence-corrected chi connectivity index (χ0v) is 18.9. The van der Waals surface area contributed by atoms with Gasteiger partial charge in [-0.15, -0.1) is 12.4 Å². The monoisotopic (exact) mass is 452 g/mol. The molecule has 0 radical (unpaired) electrons. The van der Waals surface area contributed by atoms with E-state index in [-0.39, 0.29) is 30.3 Å². The summed E-state index contributed by atoms with van der Waals surface area (Å²) in [5.41, 5.74) is 2.72. The van der Waals surface area contributed by atoms with Crippen LogP contribution in [-0.4, -0.2) is 26.7 Å². The van der Waals surface area contributed by atoms with Gasteiger partial charge in [0, 0.05) is 18.9 Å². The molecular formula is C25H25ClN2O4. The number of hydrogen-bond acceptors (Lipinski definition) is 5. The molecule has 1 N–H and O–H groups in total. The van der Waals surface area contributed by atoms with Gasteiger partial charge in [-0.3, -0.25) is 14.6 Å². The molecule has 0 saturated carbocycles. The Bertz CT molecular complexity index is 1150. The van der Waals surface area contributed by atoms with Crippen LogP contribution in [0, 0.1) is 6.92 Å². The second-order valence-electron chi connectivity index (χ2n) is 8.02. The van der Waals surface area contributed by atoms with Crippen molar-refractivity contribution < 1.29 is 19.1 Å². The maximum Gasteiger partial charge on any atom is 0.290 e. The maximum absolute atomic E-state index is 13.3. The van der Waals surface area contributed by atoms with Crippen LogP contribution < -0.4 is 0 Å². The number of aromatic nitrogens is 1.